The number of nitrogens with zero attached hydrogens (tertiary/aromatic N) is 4. The third-order valence-electron chi connectivity index (χ3n) is 3.06. The van der Waals surface area contributed by atoms with Crippen LogP contribution in [0.25, 0.3) is 0 Å². The molecule has 2 rings (SSSR count). The summed E-state index contributed by atoms with van der Waals surface area (Å²) in [6.07, 6.45) is 1.20. The number of carboxylic acid groups (broad SMARTS) is 2. The number of aliphatic hydroxyl groups is 1. The normalized spacial score (nSPS) is 18.6. The van der Waals surface area contributed by atoms with Gasteiger partial charge in [-0.05, 0) is 16.0 Å². The largest absolute Gasteiger partial charge is 0.480 e. The summed E-state index contributed by atoms with van der Waals surface area (Å²) < 4.78 is 1.11. The van der Waals surface area contributed by atoms with E-state index < -0.39 is 35.9 Å². The molecule has 0 bridgehead atoms. The van der Waals surface area contributed by atoms with Gasteiger partial charge in [0.2, 0.25) is 5.91 Å². The Bertz CT molecular complexity index is 662. The van der Waals surface area contributed by atoms with Crippen molar-refractivity contribution < 1.29 is 29.7 Å². The van der Waals surface area contributed by atoms with Crippen molar-refractivity contribution in [3.05, 3.63) is 17.6 Å². The number of nitrogens with one attached hydrogen (secondary N) is 2. The lowest BCUT2D eigenvalue weighted by molar-refractivity contribution is -0.142. The van der Waals surface area contributed by atoms with E-state index in [9.17, 15) is 19.5 Å². The average Bonchev–Trinajstić information content (AvgIpc) is 3.04. The number of aromatic nitrogens is 4. The number of amides is 1. The number of rotatable bonds is 7. The fraction of sp³-hybridized carbons (Fsp3) is 0.455. The SMILES string of the molecule is O=C(Cn1cnnn1)N[C@H](C(=O)O)[C@H]1NC(C(=O)O)=C(CO)CS1. The summed E-state index contributed by atoms with van der Waals surface area (Å²) in [5, 5.41) is 41.7. The van der Waals surface area contributed by atoms with Gasteiger partial charge < -0.3 is 26.0 Å². The van der Waals surface area contributed by atoms with Gasteiger partial charge in [0.15, 0.2) is 6.04 Å². The molecule has 1 amide bonds. The van der Waals surface area contributed by atoms with E-state index in [2.05, 4.69) is 26.2 Å². The highest BCUT2D eigenvalue weighted by Gasteiger charge is 2.35. The second-order valence-electron chi connectivity index (χ2n) is 4.71. The molecule has 1 aromatic rings. The summed E-state index contributed by atoms with van der Waals surface area (Å²) >= 11 is 1.07. The van der Waals surface area contributed by atoms with E-state index in [1.165, 1.54) is 6.33 Å². The molecule has 0 fully saturated rings. The lowest BCUT2D eigenvalue weighted by Crippen LogP contribution is -2.55. The predicted molar refractivity (Wildman–Crippen MR) is 78.5 cm³/mol. The number of carboxylic acids is 2. The third kappa shape index (κ3) is 4.20. The molecule has 5 N–H and O–H groups in total. The van der Waals surface area contributed by atoms with Crippen molar-refractivity contribution in [1.82, 2.24) is 30.8 Å². The van der Waals surface area contributed by atoms with Gasteiger partial charge in [-0.25, -0.2) is 14.3 Å². The molecule has 1 aliphatic rings. The Balaban J connectivity index is 2.08. The summed E-state index contributed by atoms with van der Waals surface area (Å²) in [7, 11) is 0. The van der Waals surface area contributed by atoms with E-state index in [1.54, 1.807) is 0 Å². The summed E-state index contributed by atoms with van der Waals surface area (Å²) in [4.78, 5) is 34.5. The quantitative estimate of drug-likeness (QED) is 0.340. The second-order valence-corrected chi connectivity index (χ2v) is 5.84. The van der Waals surface area contributed by atoms with Crippen LogP contribution in [0.1, 0.15) is 0 Å². The van der Waals surface area contributed by atoms with Crippen LogP contribution < -0.4 is 10.6 Å². The first kappa shape index (κ1) is 17.7. The molecule has 2 heterocycles. The minimum atomic E-state index is -1.38. The number of hydrogen-bond acceptors (Lipinski definition) is 9. The summed E-state index contributed by atoms with van der Waals surface area (Å²) in [6, 6.07) is -1.38. The zero-order chi connectivity index (χ0) is 17.7. The van der Waals surface area contributed by atoms with Gasteiger partial charge in [-0.2, -0.15) is 0 Å². The molecule has 0 radical (unpaired) electrons. The van der Waals surface area contributed by atoms with Crippen LogP contribution in [-0.4, -0.2) is 77.1 Å². The van der Waals surface area contributed by atoms with Crippen LogP contribution in [-0.2, 0) is 20.9 Å². The second kappa shape index (κ2) is 7.74. The van der Waals surface area contributed by atoms with Crippen LogP contribution in [0, 0.1) is 0 Å². The fourth-order valence-electron chi connectivity index (χ4n) is 1.95. The number of carbonyl (C=O) groups is 3. The van der Waals surface area contributed by atoms with E-state index in [4.69, 9.17) is 10.2 Å². The molecule has 12 nitrogen and oxygen atoms in total. The van der Waals surface area contributed by atoms with Gasteiger partial charge in [0, 0.05) is 5.75 Å². The molecule has 0 unspecified atom stereocenters. The minimum Gasteiger partial charge on any atom is -0.480 e. The van der Waals surface area contributed by atoms with E-state index >= 15 is 0 Å². The molecule has 0 aromatic carbocycles. The number of carbonyl (C=O) groups excluding carboxylic acids is 1. The number of tetrazole rings is 1. The fourth-order valence-corrected chi connectivity index (χ4v) is 3.15. The van der Waals surface area contributed by atoms with Crippen molar-refractivity contribution in [2.45, 2.75) is 18.0 Å². The zero-order valence-electron chi connectivity index (χ0n) is 12.1. The van der Waals surface area contributed by atoms with E-state index in [1.807, 2.05) is 0 Å². The summed E-state index contributed by atoms with van der Waals surface area (Å²) in [6.45, 7) is -0.741. The number of hydrogen-bond donors (Lipinski definition) is 5. The van der Waals surface area contributed by atoms with Gasteiger partial charge >= 0.3 is 11.9 Å². The highest BCUT2D eigenvalue weighted by Crippen LogP contribution is 2.24. The summed E-state index contributed by atoms with van der Waals surface area (Å²) in [5.74, 6) is -3.16. The molecule has 2 atom stereocenters. The molecule has 0 spiro atoms. The third-order valence-corrected chi connectivity index (χ3v) is 4.33. The monoisotopic (exact) mass is 358 g/mol. The maximum atomic E-state index is 11.9. The van der Waals surface area contributed by atoms with E-state index in [0.717, 1.165) is 16.4 Å². The molecule has 1 aromatic heterocycles. The molecule has 0 saturated carbocycles. The highest BCUT2D eigenvalue weighted by molar-refractivity contribution is 8.00. The molecular weight excluding hydrogens is 344 g/mol. The Morgan fingerprint density at radius 3 is 2.75 bits per heavy atom. The minimum absolute atomic E-state index is 0.127. The van der Waals surface area contributed by atoms with Gasteiger partial charge in [-0.1, -0.05) is 0 Å². The van der Waals surface area contributed by atoms with Gasteiger partial charge in [-0.15, -0.1) is 16.9 Å². The first-order valence-electron chi connectivity index (χ1n) is 6.59. The van der Waals surface area contributed by atoms with Crippen molar-refractivity contribution in [2.24, 2.45) is 0 Å². The van der Waals surface area contributed by atoms with Crippen LogP contribution in [0.4, 0.5) is 0 Å². The molecule has 130 valence electrons. The predicted octanol–water partition coefficient (Wildman–Crippen LogP) is -2.76. The molecule has 0 saturated heterocycles. The van der Waals surface area contributed by atoms with Crippen LogP contribution in [0.5, 0.6) is 0 Å². The number of aliphatic carboxylic acids is 2. The van der Waals surface area contributed by atoms with E-state index in [0.29, 0.717) is 0 Å². The van der Waals surface area contributed by atoms with Crippen molar-refractivity contribution in [3.8, 4) is 0 Å². The molecular formula is C11H14N6O6S. The molecule has 24 heavy (non-hydrogen) atoms. The lowest BCUT2D eigenvalue weighted by atomic mass is 10.2. The van der Waals surface area contributed by atoms with Crippen molar-refractivity contribution in [2.75, 3.05) is 12.4 Å². The van der Waals surface area contributed by atoms with Crippen molar-refractivity contribution in [1.29, 1.82) is 0 Å². The van der Waals surface area contributed by atoms with E-state index in [-0.39, 0.29) is 23.6 Å². The molecule has 13 heteroatoms. The Morgan fingerprint density at radius 1 is 1.46 bits per heavy atom. The van der Waals surface area contributed by atoms with Gasteiger partial charge in [0.25, 0.3) is 0 Å². The Hall–Kier alpha value is -2.67. The number of thioether (sulfide) groups is 1. The first-order chi connectivity index (χ1) is 11.4. The smallest absolute Gasteiger partial charge is 0.352 e. The van der Waals surface area contributed by atoms with Crippen LogP contribution in [0.3, 0.4) is 0 Å². The molecule has 1 aliphatic heterocycles. The van der Waals surface area contributed by atoms with Gasteiger partial charge in [0.1, 0.15) is 23.9 Å². The Morgan fingerprint density at radius 2 is 2.21 bits per heavy atom. The topological polar surface area (TPSA) is 180 Å². The molecule has 0 aliphatic carbocycles. The summed E-state index contributed by atoms with van der Waals surface area (Å²) in [5.41, 5.74) is -0.0184. The van der Waals surface area contributed by atoms with Gasteiger partial charge in [0.05, 0.1) is 6.61 Å². The van der Waals surface area contributed by atoms with Crippen LogP contribution in [0.15, 0.2) is 17.6 Å². The Kier molecular flexibility index (Phi) is 5.70. The van der Waals surface area contributed by atoms with Crippen molar-refractivity contribution >= 4 is 29.6 Å². The van der Waals surface area contributed by atoms with Crippen LogP contribution in [0.2, 0.25) is 0 Å². The highest BCUT2D eigenvalue weighted by atomic mass is 32.2. The lowest BCUT2D eigenvalue weighted by Gasteiger charge is -2.31. The zero-order valence-corrected chi connectivity index (χ0v) is 12.9. The van der Waals surface area contributed by atoms with Gasteiger partial charge in [-0.3, -0.25) is 4.79 Å². The standard InChI is InChI=1S/C11H14N6O6S/c18-2-5-3-24-9(14-7(5)10(20)21)8(11(22)23)13-6(19)1-17-4-12-15-16-17/h4,8-9,14,18H,1-3H2,(H,13,19)(H,20,21)(H,22,23)/t8-,9-/m0/s1. The maximum Gasteiger partial charge on any atom is 0.352 e. The van der Waals surface area contributed by atoms with Crippen molar-refractivity contribution in [3.63, 3.8) is 0 Å². The van der Waals surface area contributed by atoms with Crippen LogP contribution >= 0.6 is 11.8 Å². The first-order valence-corrected chi connectivity index (χ1v) is 7.64. The average molecular weight is 358 g/mol. The number of aliphatic hydroxyl groups excluding tert-OH is 1. The maximum absolute atomic E-state index is 11.9. The Labute approximate surface area is 138 Å².